The predicted octanol–water partition coefficient (Wildman–Crippen LogP) is 2.15. The number of ether oxygens (including phenoxy) is 2. The molecule has 2 aromatic carbocycles. The van der Waals surface area contributed by atoms with Crippen LogP contribution in [-0.2, 0) is 4.79 Å². The molecule has 0 aliphatic carbocycles. The van der Waals surface area contributed by atoms with Crippen molar-refractivity contribution in [1.82, 2.24) is 10.2 Å². The molecular weight excluding hydrogens is 394 g/mol. The normalized spacial score (nSPS) is 19.9. The first-order valence-corrected chi connectivity index (χ1v) is 10.5. The fourth-order valence-corrected chi connectivity index (χ4v) is 3.79. The van der Waals surface area contributed by atoms with Crippen molar-refractivity contribution in [2.75, 3.05) is 56.7 Å². The van der Waals surface area contributed by atoms with Crippen molar-refractivity contribution in [2.24, 2.45) is 4.99 Å². The maximum absolute atomic E-state index is 12.4. The molecule has 160 valence electrons. The van der Waals surface area contributed by atoms with Gasteiger partial charge in [-0.25, -0.2) is 4.99 Å². The van der Waals surface area contributed by atoms with Crippen LogP contribution >= 0.6 is 0 Å². The van der Waals surface area contributed by atoms with Gasteiger partial charge in [0.15, 0.2) is 11.5 Å². The maximum atomic E-state index is 12.4. The van der Waals surface area contributed by atoms with Gasteiger partial charge in [0.05, 0.1) is 0 Å². The van der Waals surface area contributed by atoms with Crippen molar-refractivity contribution in [1.29, 1.82) is 0 Å². The quantitative estimate of drug-likeness (QED) is 0.743. The third-order valence-electron chi connectivity index (χ3n) is 5.56. The fourth-order valence-electron chi connectivity index (χ4n) is 3.79. The number of carbonyl (C=O) groups is 1. The van der Waals surface area contributed by atoms with Crippen molar-refractivity contribution in [3.63, 3.8) is 0 Å². The van der Waals surface area contributed by atoms with Crippen LogP contribution in [0.15, 0.2) is 53.2 Å². The molecule has 3 aliphatic heterocycles. The monoisotopic (exact) mass is 419 g/mol. The Bertz CT molecular complexity index is 1040. The van der Waals surface area contributed by atoms with E-state index >= 15 is 0 Å². The molecule has 0 saturated carbocycles. The van der Waals surface area contributed by atoms with Crippen molar-refractivity contribution < 1.29 is 14.3 Å². The highest BCUT2D eigenvalue weighted by molar-refractivity contribution is 6.17. The van der Waals surface area contributed by atoms with E-state index in [1.54, 1.807) is 6.08 Å². The molecule has 8 heteroatoms. The van der Waals surface area contributed by atoms with Gasteiger partial charge in [-0.05, 0) is 55.1 Å². The number of piperazine rings is 1. The number of nitrogens with one attached hydrogen (secondary N) is 2. The molecule has 0 spiro atoms. The van der Waals surface area contributed by atoms with Crippen LogP contribution in [-0.4, -0.2) is 63.2 Å². The summed E-state index contributed by atoms with van der Waals surface area (Å²) in [5.41, 5.74) is 3.25. The molecule has 0 unspecified atom stereocenters. The van der Waals surface area contributed by atoms with Gasteiger partial charge in [0, 0.05) is 37.6 Å². The van der Waals surface area contributed by atoms with Crippen LogP contribution in [0.25, 0.3) is 6.08 Å². The highest BCUT2D eigenvalue weighted by Crippen LogP contribution is 2.31. The summed E-state index contributed by atoms with van der Waals surface area (Å²) in [5, 5.41) is 5.96. The van der Waals surface area contributed by atoms with Crippen molar-refractivity contribution in [2.45, 2.75) is 0 Å². The zero-order chi connectivity index (χ0) is 21.2. The van der Waals surface area contributed by atoms with Crippen LogP contribution in [0.1, 0.15) is 5.56 Å². The van der Waals surface area contributed by atoms with Gasteiger partial charge in [0.1, 0.15) is 18.9 Å². The number of guanidine groups is 1. The second kappa shape index (κ2) is 8.31. The molecule has 0 aromatic heterocycles. The lowest BCUT2D eigenvalue weighted by molar-refractivity contribution is -0.115. The van der Waals surface area contributed by atoms with Crippen LogP contribution in [0.5, 0.6) is 11.5 Å². The van der Waals surface area contributed by atoms with Gasteiger partial charge in [-0.2, -0.15) is 0 Å². The molecule has 2 aromatic rings. The second-order valence-electron chi connectivity index (χ2n) is 7.81. The van der Waals surface area contributed by atoms with E-state index in [-0.39, 0.29) is 5.91 Å². The molecule has 0 radical (unpaired) electrons. The van der Waals surface area contributed by atoms with Gasteiger partial charge in [-0.3, -0.25) is 10.1 Å². The Morgan fingerprint density at radius 1 is 1.00 bits per heavy atom. The number of hydrogen-bond donors (Lipinski definition) is 2. The molecule has 0 bridgehead atoms. The minimum atomic E-state index is -0.244. The summed E-state index contributed by atoms with van der Waals surface area (Å²) in [6.45, 7) is 5.27. The fraction of sp³-hybridized carbons (Fsp3) is 0.304. The number of aliphatic imine (C=N–C) groups is 1. The summed E-state index contributed by atoms with van der Waals surface area (Å²) in [7, 11) is 2.15. The largest absolute Gasteiger partial charge is 0.486 e. The summed E-state index contributed by atoms with van der Waals surface area (Å²) in [6.07, 6.45) is 1.73. The number of amides is 1. The topological polar surface area (TPSA) is 78.4 Å². The van der Waals surface area contributed by atoms with Crippen molar-refractivity contribution in [3.8, 4) is 11.5 Å². The zero-order valence-corrected chi connectivity index (χ0v) is 17.4. The van der Waals surface area contributed by atoms with E-state index in [0.29, 0.717) is 30.6 Å². The summed E-state index contributed by atoms with van der Waals surface area (Å²) < 4.78 is 11.1. The lowest BCUT2D eigenvalue weighted by Crippen LogP contribution is -2.44. The van der Waals surface area contributed by atoms with E-state index in [2.05, 4.69) is 44.6 Å². The van der Waals surface area contributed by atoms with Gasteiger partial charge >= 0.3 is 0 Å². The van der Waals surface area contributed by atoms with E-state index in [1.165, 1.54) is 5.69 Å². The number of hydrogen-bond acceptors (Lipinski definition) is 7. The smallest absolute Gasteiger partial charge is 0.276 e. The van der Waals surface area contributed by atoms with Crippen LogP contribution < -0.4 is 25.0 Å². The van der Waals surface area contributed by atoms with Crippen LogP contribution in [0.3, 0.4) is 0 Å². The Kier molecular flexibility index (Phi) is 5.21. The molecule has 3 aliphatic rings. The number of benzene rings is 2. The van der Waals surface area contributed by atoms with Crippen LogP contribution in [0, 0.1) is 0 Å². The third-order valence-corrected chi connectivity index (χ3v) is 5.56. The summed E-state index contributed by atoms with van der Waals surface area (Å²) >= 11 is 0. The molecule has 8 nitrogen and oxygen atoms in total. The first-order chi connectivity index (χ1) is 15.1. The van der Waals surface area contributed by atoms with Crippen molar-refractivity contribution >= 4 is 29.3 Å². The number of fused-ring (bicyclic) bond motifs is 1. The van der Waals surface area contributed by atoms with Gasteiger partial charge < -0.3 is 24.6 Å². The molecule has 31 heavy (non-hydrogen) atoms. The van der Waals surface area contributed by atoms with E-state index in [0.717, 1.165) is 43.2 Å². The van der Waals surface area contributed by atoms with E-state index < -0.39 is 0 Å². The Hall–Kier alpha value is -3.52. The first kappa shape index (κ1) is 19.4. The van der Waals surface area contributed by atoms with Gasteiger partial charge in [-0.15, -0.1) is 0 Å². The molecule has 2 N–H and O–H groups in total. The lowest BCUT2D eigenvalue weighted by atomic mass is 10.1. The zero-order valence-electron chi connectivity index (χ0n) is 17.4. The van der Waals surface area contributed by atoms with Gasteiger partial charge in [-0.1, -0.05) is 6.07 Å². The second-order valence-corrected chi connectivity index (χ2v) is 7.81. The summed E-state index contributed by atoms with van der Waals surface area (Å²) in [6, 6.07) is 13.8. The van der Waals surface area contributed by atoms with Crippen molar-refractivity contribution in [3.05, 3.63) is 53.7 Å². The van der Waals surface area contributed by atoms with Gasteiger partial charge in [0.2, 0.25) is 5.96 Å². The number of rotatable bonds is 3. The lowest BCUT2D eigenvalue weighted by Gasteiger charge is -2.34. The van der Waals surface area contributed by atoms with E-state index in [4.69, 9.17) is 9.47 Å². The average Bonchev–Trinajstić information content (AvgIpc) is 3.13. The summed E-state index contributed by atoms with van der Waals surface area (Å²) in [5.74, 6) is 1.57. The Labute approximate surface area is 181 Å². The number of carbonyl (C=O) groups excluding carboxylic acids is 1. The Balaban J connectivity index is 1.27. The SMILES string of the molecule is CN1CCN(c2ccc(NC3=N/C(=C\c4ccc5c(c4)OCCO5)C(=O)N3)cc2)CC1. The molecule has 3 heterocycles. The van der Waals surface area contributed by atoms with Crippen LogP contribution in [0.2, 0.25) is 0 Å². The number of nitrogens with zero attached hydrogens (tertiary/aromatic N) is 3. The van der Waals surface area contributed by atoms with E-state index in [1.807, 2.05) is 30.3 Å². The molecule has 1 saturated heterocycles. The minimum Gasteiger partial charge on any atom is -0.486 e. The highest BCUT2D eigenvalue weighted by atomic mass is 16.6. The average molecular weight is 419 g/mol. The standard InChI is InChI=1S/C23H25N5O3/c1-27-8-10-28(11-9-27)18-5-3-17(4-6-18)24-23-25-19(22(29)26-23)14-16-2-7-20-21(15-16)31-13-12-30-20/h2-7,14-15H,8-13H2,1H3,(H2,24,25,26,29)/b19-14-. The molecule has 5 rings (SSSR count). The molecule has 1 fully saturated rings. The third kappa shape index (κ3) is 4.34. The first-order valence-electron chi connectivity index (χ1n) is 10.5. The maximum Gasteiger partial charge on any atom is 0.276 e. The predicted molar refractivity (Wildman–Crippen MR) is 121 cm³/mol. The Morgan fingerprint density at radius 3 is 2.52 bits per heavy atom. The molecule has 0 atom stereocenters. The number of likely N-dealkylation sites (N-methyl/N-ethyl adjacent to an activating group) is 1. The van der Waals surface area contributed by atoms with E-state index in [9.17, 15) is 4.79 Å². The van der Waals surface area contributed by atoms with Crippen LogP contribution in [0.4, 0.5) is 11.4 Å². The Morgan fingerprint density at radius 2 is 1.74 bits per heavy atom. The number of anilines is 2. The summed E-state index contributed by atoms with van der Waals surface area (Å²) in [4.78, 5) is 21.5. The molecular formula is C23H25N5O3. The van der Waals surface area contributed by atoms with Gasteiger partial charge in [0.25, 0.3) is 5.91 Å². The minimum absolute atomic E-state index is 0.244. The highest BCUT2D eigenvalue weighted by Gasteiger charge is 2.21. The molecule has 1 amide bonds.